The molecular weight excluding hydrogens is 260 g/mol. The lowest BCUT2D eigenvalue weighted by molar-refractivity contribution is -0.129. The minimum atomic E-state index is -0.0810. The number of benzene rings is 1. The quantitative estimate of drug-likeness (QED) is 0.905. The van der Waals surface area contributed by atoms with E-state index in [2.05, 4.69) is 56.9 Å². The topological polar surface area (TPSA) is 38.5 Å². The SMILES string of the molecule is CCCc1ccc(C(N)CN2CC(C)OC(C)(C)C2)cc1. The zero-order valence-electron chi connectivity index (χ0n) is 13.9. The highest BCUT2D eigenvalue weighted by atomic mass is 16.5. The maximum absolute atomic E-state index is 6.40. The highest BCUT2D eigenvalue weighted by molar-refractivity contribution is 5.25. The Kier molecular flexibility index (Phi) is 5.42. The molecular formula is C18H30N2O. The number of nitrogens with zero attached hydrogens (tertiary/aromatic N) is 1. The van der Waals surface area contributed by atoms with Gasteiger partial charge in [-0.15, -0.1) is 0 Å². The predicted molar refractivity (Wildman–Crippen MR) is 88.4 cm³/mol. The highest BCUT2D eigenvalue weighted by Gasteiger charge is 2.31. The van der Waals surface area contributed by atoms with E-state index in [1.165, 1.54) is 17.5 Å². The van der Waals surface area contributed by atoms with Crippen LogP contribution in [0.2, 0.25) is 0 Å². The second kappa shape index (κ2) is 6.91. The number of hydrogen-bond donors (Lipinski definition) is 1. The standard InChI is InChI=1S/C18H30N2O/c1-5-6-15-7-9-16(10-8-15)17(19)12-20-11-14(2)21-18(3,4)13-20/h7-10,14,17H,5-6,11-13,19H2,1-4H3. The Morgan fingerprint density at radius 2 is 2.00 bits per heavy atom. The lowest BCUT2D eigenvalue weighted by Crippen LogP contribution is -2.53. The summed E-state index contributed by atoms with van der Waals surface area (Å²) in [7, 11) is 0. The fraction of sp³-hybridized carbons (Fsp3) is 0.667. The summed E-state index contributed by atoms with van der Waals surface area (Å²) in [6.45, 7) is 11.5. The lowest BCUT2D eigenvalue weighted by Gasteiger charge is -2.42. The van der Waals surface area contributed by atoms with Crippen molar-refractivity contribution >= 4 is 0 Å². The summed E-state index contributed by atoms with van der Waals surface area (Å²) in [5.41, 5.74) is 8.95. The summed E-state index contributed by atoms with van der Waals surface area (Å²) in [6, 6.07) is 8.87. The summed E-state index contributed by atoms with van der Waals surface area (Å²) < 4.78 is 5.95. The third-order valence-electron chi connectivity index (χ3n) is 4.04. The Bertz CT molecular complexity index is 441. The maximum atomic E-state index is 6.40. The monoisotopic (exact) mass is 290 g/mol. The molecule has 1 aromatic carbocycles. The fourth-order valence-electron chi connectivity index (χ4n) is 3.33. The molecule has 0 aromatic heterocycles. The van der Waals surface area contributed by atoms with Gasteiger partial charge < -0.3 is 10.5 Å². The molecule has 21 heavy (non-hydrogen) atoms. The van der Waals surface area contributed by atoms with Crippen LogP contribution < -0.4 is 5.73 Å². The van der Waals surface area contributed by atoms with Gasteiger partial charge in [0.25, 0.3) is 0 Å². The zero-order valence-corrected chi connectivity index (χ0v) is 13.9. The Morgan fingerprint density at radius 3 is 2.57 bits per heavy atom. The van der Waals surface area contributed by atoms with Crippen molar-refractivity contribution in [3.05, 3.63) is 35.4 Å². The minimum absolute atomic E-state index is 0.0711. The number of aryl methyl sites for hydroxylation is 1. The molecule has 2 N–H and O–H groups in total. The van der Waals surface area contributed by atoms with Gasteiger partial charge in [-0.3, -0.25) is 4.90 Å². The molecule has 0 amide bonds. The first kappa shape index (κ1) is 16.5. The van der Waals surface area contributed by atoms with Crippen LogP contribution in [0.1, 0.15) is 51.3 Å². The van der Waals surface area contributed by atoms with Crippen molar-refractivity contribution in [2.75, 3.05) is 19.6 Å². The van der Waals surface area contributed by atoms with Crippen LogP contribution in [0, 0.1) is 0 Å². The molecule has 1 aliphatic heterocycles. The largest absolute Gasteiger partial charge is 0.370 e. The Labute approximate surface area is 129 Å². The first-order valence-corrected chi connectivity index (χ1v) is 8.14. The zero-order chi connectivity index (χ0) is 15.5. The molecule has 0 aliphatic carbocycles. The second-order valence-corrected chi connectivity index (χ2v) is 6.98. The van der Waals surface area contributed by atoms with Gasteiger partial charge in [0.2, 0.25) is 0 Å². The van der Waals surface area contributed by atoms with Gasteiger partial charge in [0.05, 0.1) is 11.7 Å². The molecule has 2 atom stereocenters. The molecule has 2 rings (SSSR count). The van der Waals surface area contributed by atoms with Gasteiger partial charge in [-0.05, 0) is 38.3 Å². The smallest absolute Gasteiger partial charge is 0.0757 e. The summed E-state index contributed by atoms with van der Waals surface area (Å²) in [6.07, 6.45) is 2.60. The van der Waals surface area contributed by atoms with E-state index in [1.807, 2.05) is 0 Å². The average molecular weight is 290 g/mol. The molecule has 1 saturated heterocycles. The van der Waals surface area contributed by atoms with Gasteiger partial charge in [-0.25, -0.2) is 0 Å². The normalized spacial score (nSPS) is 24.0. The van der Waals surface area contributed by atoms with E-state index in [0.717, 1.165) is 26.1 Å². The molecule has 0 spiro atoms. The fourth-order valence-corrected chi connectivity index (χ4v) is 3.33. The van der Waals surface area contributed by atoms with E-state index >= 15 is 0 Å². The number of nitrogens with two attached hydrogens (primary N) is 1. The van der Waals surface area contributed by atoms with E-state index < -0.39 is 0 Å². The van der Waals surface area contributed by atoms with E-state index in [1.54, 1.807) is 0 Å². The first-order valence-electron chi connectivity index (χ1n) is 8.14. The molecule has 118 valence electrons. The van der Waals surface area contributed by atoms with Crippen molar-refractivity contribution in [2.24, 2.45) is 5.73 Å². The molecule has 3 heteroatoms. The minimum Gasteiger partial charge on any atom is -0.370 e. The van der Waals surface area contributed by atoms with Crippen LogP contribution in [-0.2, 0) is 11.2 Å². The number of rotatable bonds is 5. The molecule has 1 aromatic rings. The molecule has 0 saturated carbocycles. The lowest BCUT2D eigenvalue weighted by atomic mass is 10.0. The van der Waals surface area contributed by atoms with E-state index in [4.69, 9.17) is 10.5 Å². The average Bonchev–Trinajstić information content (AvgIpc) is 2.37. The molecule has 1 aliphatic rings. The van der Waals surface area contributed by atoms with Gasteiger partial charge in [-0.1, -0.05) is 37.6 Å². The van der Waals surface area contributed by atoms with E-state index in [9.17, 15) is 0 Å². The molecule has 2 unspecified atom stereocenters. The van der Waals surface area contributed by atoms with Gasteiger partial charge in [0.15, 0.2) is 0 Å². The number of hydrogen-bond acceptors (Lipinski definition) is 3. The highest BCUT2D eigenvalue weighted by Crippen LogP contribution is 2.23. The van der Waals surface area contributed by atoms with Crippen molar-refractivity contribution in [2.45, 2.75) is 58.3 Å². The van der Waals surface area contributed by atoms with Crippen LogP contribution in [0.5, 0.6) is 0 Å². The Morgan fingerprint density at radius 1 is 1.33 bits per heavy atom. The molecule has 3 nitrogen and oxygen atoms in total. The first-order chi connectivity index (χ1) is 9.89. The third-order valence-corrected chi connectivity index (χ3v) is 4.04. The van der Waals surface area contributed by atoms with Gasteiger partial charge >= 0.3 is 0 Å². The van der Waals surface area contributed by atoms with Crippen molar-refractivity contribution in [1.29, 1.82) is 0 Å². The Balaban J connectivity index is 1.95. The summed E-state index contributed by atoms with van der Waals surface area (Å²) in [5, 5.41) is 0. The summed E-state index contributed by atoms with van der Waals surface area (Å²) in [4.78, 5) is 2.43. The van der Waals surface area contributed by atoms with E-state index in [0.29, 0.717) is 0 Å². The van der Waals surface area contributed by atoms with Gasteiger partial charge in [0.1, 0.15) is 0 Å². The molecule has 0 radical (unpaired) electrons. The van der Waals surface area contributed by atoms with Crippen LogP contribution in [0.25, 0.3) is 0 Å². The van der Waals surface area contributed by atoms with Crippen LogP contribution in [0.15, 0.2) is 24.3 Å². The van der Waals surface area contributed by atoms with Gasteiger partial charge in [0, 0.05) is 25.7 Å². The van der Waals surface area contributed by atoms with E-state index in [-0.39, 0.29) is 17.7 Å². The Hall–Kier alpha value is -0.900. The number of ether oxygens (including phenoxy) is 1. The van der Waals surface area contributed by atoms with Gasteiger partial charge in [-0.2, -0.15) is 0 Å². The summed E-state index contributed by atoms with van der Waals surface area (Å²) >= 11 is 0. The van der Waals surface area contributed by atoms with Crippen molar-refractivity contribution < 1.29 is 4.74 Å². The van der Waals surface area contributed by atoms with Crippen LogP contribution in [0.4, 0.5) is 0 Å². The predicted octanol–water partition coefficient (Wildman–Crippen LogP) is 3.14. The van der Waals surface area contributed by atoms with Crippen molar-refractivity contribution in [3.8, 4) is 0 Å². The molecule has 1 heterocycles. The van der Waals surface area contributed by atoms with Crippen LogP contribution >= 0.6 is 0 Å². The number of morpholine rings is 1. The van der Waals surface area contributed by atoms with Crippen molar-refractivity contribution in [1.82, 2.24) is 4.90 Å². The second-order valence-electron chi connectivity index (χ2n) is 6.98. The van der Waals surface area contributed by atoms with Crippen LogP contribution in [-0.4, -0.2) is 36.2 Å². The molecule has 1 fully saturated rings. The summed E-state index contributed by atoms with van der Waals surface area (Å²) in [5.74, 6) is 0. The third kappa shape index (κ3) is 4.80. The van der Waals surface area contributed by atoms with Crippen LogP contribution in [0.3, 0.4) is 0 Å². The maximum Gasteiger partial charge on any atom is 0.0757 e. The van der Waals surface area contributed by atoms with Crippen molar-refractivity contribution in [3.63, 3.8) is 0 Å². The molecule has 0 bridgehead atoms.